The molecule has 2 heterocycles. The third kappa shape index (κ3) is 4.62. The van der Waals surface area contributed by atoms with Crippen LogP contribution in [-0.2, 0) is 6.54 Å². The Morgan fingerprint density at radius 1 is 1.18 bits per heavy atom. The van der Waals surface area contributed by atoms with Gasteiger partial charge in [0.15, 0.2) is 0 Å². The van der Waals surface area contributed by atoms with Gasteiger partial charge in [0.05, 0.1) is 0 Å². The van der Waals surface area contributed by atoms with E-state index in [1.54, 1.807) is 30.6 Å². The number of carbonyl (C=O) groups is 1. The summed E-state index contributed by atoms with van der Waals surface area (Å²) in [7, 11) is 0. The van der Waals surface area contributed by atoms with Gasteiger partial charge in [0.2, 0.25) is 0 Å². The second-order valence-electron chi connectivity index (χ2n) is 6.54. The normalized spacial score (nSPS) is 11.7. The van der Waals surface area contributed by atoms with E-state index in [1.807, 2.05) is 39.0 Å². The number of pyridine rings is 1. The van der Waals surface area contributed by atoms with Gasteiger partial charge in [-0.3, -0.25) is 9.59 Å². The molecule has 1 unspecified atom stereocenters. The minimum atomic E-state index is -0.256. The summed E-state index contributed by atoms with van der Waals surface area (Å²) in [6, 6.07) is 11.0. The van der Waals surface area contributed by atoms with Gasteiger partial charge in [0.25, 0.3) is 11.5 Å². The summed E-state index contributed by atoms with van der Waals surface area (Å²) in [6.45, 7) is 5.74. The standard InChI is InChI=1S/C21H22N4O3/c1-13-11-14(2)25-20(27)18(13)12-24-19(26)17-7-5-16(6-8-17)15(3)28-21-22-9-4-10-23-21/h4-11,15H,12H2,1-3H3,(H,24,26)(H,25,27). The lowest BCUT2D eigenvalue weighted by atomic mass is 10.1. The number of aromatic nitrogens is 3. The Morgan fingerprint density at radius 2 is 1.86 bits per heavy atom. The highest BCUT2D eigenvalue weighted by Crippen LogP contribution is 2.18. The summed E-state index contributed by atoms with van der Waals surface area (Å²) in [5.41, 5.74) is 3.43. The number of nitrogens with one attached hydrogen (secondary N) is 2. The van der Waals surface area contributed by atoms with Crippen molar-refractivity contribution >= 4 is 5.91 Å². The van der Waals surface area contributed by atoms with Crippen LogP contribution in [0.5, 0.6) is 6.01 Å². The van der Waals surface area contributed by atoms with Crippen LogP contribution < -0.4 is 15.6 Å². The number of nitrogens with zero attached hydrogens (tertiary/aromatic N) is 2. The van der Waals surface area contributed by atoms with Gasteiger partial charge < -0.3 is 15.0 Å². The minimum Gasteiger partial charge on any atom is -0.456 e. The molecule has 7 heteroatoms. The second-order valence-corrected chi connectivity index (χ2v) is 6.54. The number of rotatable bonds is 6. The summed E-state index contributed by atoms with van der Waals surface area (Å²) in [5.74, 6) is -0.245. The lowest BCUT2D eigenvalue weighted by molar-refractivity contribution is 0.0950. The topological polar surface area (TPSA) is 97.0 Å². The molecule has 1 atom stereocenters. The minimum absolute atomic E-state index is 0.174. The van der Waals surface area contributed by atoms with Crippen molar-refractivity contribution in [2.24, 2.45) is 0 Å². The van der Waals surface area contributed by atoms with Gasteiger partial charge in [-0.2, -0.15) is 0 Å². The van der Waals surface area contributed by atoms with Gasteiger partial charge in [-0.1, -0.05) is 12.1 Å². The summed E-state index contributed by atoms with van der Waals surface area (Å²) in [6.07, 6.45) is 2.97. The van der Waals surface area contributed by atoms with E-state index >= 15 is 0 Å². The second kappa shape index (κ2) is 8.47. The molecule has 0 spiro atoms. The fourth-order valence-corrected chi connectivity index (χ4v) is 2.85. The lowest BCUT2D eigenvalue weighted by Gasteiger charge is -2.14. The fourth-order valence-electron chi connectivity index (χ4n) is 2.85. The number of benzene rings is 1. The van der Waals surface area contributed by atoms with E-state index in [4.69, 9.17) is 4.74 Å². The van der Waals surface area contributed by atoms with E-state index in [-0.39, 0.29) is 24.1 Å². The molecule has 0 aliphatic carbocycles. The van der Waals surface area contributed by atoms with Gasteiger partial charge in [-0.25, -0.2) is 9.97 Å². The molecule has 7 nitrogen and oxygen atoms in total. The number of carbonyl (C=O) groups excluding carboxylic acids is 1. The molecule has 0 radical (unpaired) electrons. The first-order valence-corrected chi connectivity index (χ1v) is 8.95. The van der Waals surface area contributed by atoms with Crippen LogP contribution in [0.4, 0.5) is 0 Å². The Kier molecular flexibility index (Phi) is 5.84. The maximum atomic E-state index is 12.4. The molecule has 0 aliphatic heterocycles. The summed E-state index contributed by atoms with van der Waals surface area (Å²) in [4.78, 5) is 35.3. The Balaban J connectivity index is 1.63. The zero-order valence-electron chi connectivity index (χ0n) is 16.0. The molecule has 2 aromatic heterocycles. The average Bonchev–Trinajstić information content (AvgIpc) is 2.68. The van der Waals surface area contributed by atoms with Crippen molar-refractivity contribution in [3.05, 3.63) is 87.1 Å². The van der Waals surface area contributed by atoms with Crippen molar-refractivity contribution < 1.29 is 9.53 Å². The van der Waals surface area contributed by atoms with E-state index in [9.17, 15) is 9.59 Å². The van der Waals surface area contributed by atoms with Crippen molar-refractivity contribution in [3.8, 4) is 6.01 Å². The van der Waals surface area contributed by atoms with Crippen LogP contribution in [0.1, 0.15) is 45.8 Å². The number of amides is 1. The lowest BCUT2D eigenvalue weighted by Crippen LogP contribution is -2.27. The Morgan fingerprint density at radius 3 is 2.50 bits per heavy atom. The summed E-state index contributed by atoms with van der Waals surface area (Å²) in [5, 5.41) is 2.79. The maximum Gasteiger partial charge on any atom is 0.316 e. The summed E-state index contributed by atoms with van der Waals surface area (Å²) < 4.78 is 5.68. The predicted octanol–water partition coefficient (Wildman–Crippen LogP) is 2.85. The number of hydrogen-bond donors (Lipinski definition) is 2. The highest BCUT2D eigenvalue weighted by Gasteiger charge is 2.12. The molecule has 0 aliphatic rings. The molecule has 1 amide bonds. The van der Waals surface area contributed by atoms with Crippen molar-refractivity contribution in [1.82, 2.24) is 20.3 Å². The Bertz CT molecular complexity index is 1010. The van der Waals surface area contributed by atoms with Crippen molar-refractivity contribution in [2.45, 2.75) is 33.4 Å². The number of aryl methyl sites for hydroxylation is 2. The number of aromatic amines is 1. The maximum absolute atomic E-state index is 12.4. The van der Waals surface area contributed by atoms with Crippen LogP contribution in [0, 0.1) is 13.8 Å². The van der Waals surface area contributed by atoms with Gasteiger partial charge in [0.1, 0.15) is 6.10 Å². The zero-order chi connectivity index (χ0) is 20.1. The highest BCUT2D eigenvalue weighted by atomic mass is 16.5. The third-order valence-electron chi connectivity index (χ3n) is 4.39. The van der Waals surface area contributed by atoms with Crippen LogP contribution in [0.25, 0.3) is 0 Å². The van der Waals surface area contributed by atoms with Gasteiger partial charge >= 0.3 is 6.01 Å². The molecular weight excluding hydrogens is 356 g/mol. The van der Waals surface area contributed by atoms with Crippen molar-refractivity contribution in [3.63, 3.8) is 0 Å². The monoisotopic (exact) mass is 378 g/mol. The first-order valence-electron chi connectivity index (χ1n) is 8.95. The average molecular weight is 378 g/mol. The van der Waals surface area contributed by atoms with E-state index in [0.29, 0.717) is 17.1 Å². The number of H-pyrrole nitrogens is 1. The molecule has 28 heavy (non-hydrogen) atoms. The number of ether oxygens (including phenoxy) is 1. The molecule has 2 N–H and O–H groups in total. The Hall–Kier alpha value is -3.48. The molecule has 0 fully saturated rings. The Labute approximate surface area is 162 Å². The van der Waals surface area contributed by atoms with Gasteiger partial charge in [-0.15, -0.1) is 0 Å². The quantitative estimate of drug-likeness (QED) is 0.687. The molecule has 144 valence electrons. The van der Waals surface area contributed by atoms with Crippen molar-refractivity contribution in [1.29, 1.82) is 0 Å². The van der Waals surface area contributed by atoms with E-state index in [2.05, 4.69) is 20.3 Å². The first-order chi connectivity index (χ1) is 13.4. The van der Waals surface area contributed by atoms with E-state index < -0.39 is 0 Å². The molecule has 1 aromatic carbocycles. The SMILES string of the molecule is Cc1cc(C)c(CNC(=O)c2ccc(C(C)Oc3ncccn3)cc2)c(=O)[nH]1. The van der Waals surface area contributed by atoms with Crippen LogP contribution >= 0.6 is 0 Å². The molecule has 0 bridgehead atoms. The summed E-state index contributed by atoms with van der Waals surface area (Å²) >= 11 is 0. The van der Waals surface area contributed by atoms with Crippen molar-refractivity contribution in [2.75, 3.05) is 0 Å². The first kappa shape index (κ1) is 19.3. The number of hydrogen-bond acceptors (Lipinski definition) is 5. The molecule has 0 saturated heterocycles. The predicted molar refractivity (Wildman–Crippen MR) is 105 cm³/mol. The van der Waals surface area contributed by atoms with Crippen LogP contribution in [-0.4, -0.2) is 20.9 Å². The molecule has 0 saturated carbocycles. The van der Waals surface area contributed by atoms with Crippen LogP contribution in [0.3, 0.4) is 0 Å². The molecule has 3 rings (SSSR count). The molecule has 3 aromatic rings. The van der Waals surface area contributed by atoms with Crippen LogP contribution in [0.2, 0.25) is 0 Å². The fraction of sp³-hybridized carbons (Fsp3) is 0.238. The van der Waals surface area contributed by atoms with Gasteiger partial charge in [-0.05, 0) is 56.2 Å². The van der Waals surface area contributed by atoms with E-state index in [1.165, 1.54) is 0 Å². The highest BCUT2D eigenvalue weighted by molar-refractivity contribution is 5.94. The smallest absolute Gasteiger partial charge is 0.316 e. The van der Waals surface area contributed by atoms with Gasteiger partial charge in [0, 0.05) is 35.8 Å². The van der Waals surface area contributed by atoms with Crippen LogP contribution in [0.15, 0.2) is 53.6 Å². The largest absolute Gasteiger partial charge is 0.456 e. The third-order valence-corrected chi connectivity index (χ3v) is 4.39. The van der Waals surface area contributed by atoms with E-state index in [0.717, 1.165) is 16.8 Å². The molecular formula is C21H22N4O3. The zero-order valence-corrected chi connectivity index (χ0v) is 16.0.